The molecule has 0 bridgehead atoms. The van der Waals surface area contributed by atoms with Gasteiger partial charge in [0.05, 0.1) is 43.4 Å². The number of nitrogens with zero attached hydrogens (tertiary/aromatic N) is 2. The van der Waals surface area contributed by atoms with E-state index < -0.39 is 12.0 Å². The van der Waals surface area contributed by atoms with Crippen LogP contribution in [0.3, 0.4) is 0 Å². The minimum absolute atomic E-state index is 0.0900. The van der Waals surface area contributed by atoms with E-state index in [9.17, 15) is 9.59 Å². The number of aliphatic imine (C=N–C) groups is 1. The first-order chi connectivity index (χ1) is 12.9. The maximum absolute atomic E-state index is 12.8. The van der Waals surface area contributed by atoms with E-state index in [0.717, 1.165) is 5.56 Å². The van der Waals surface area contributed by atoms with Crippen LogP contribution in [0.15, 0.2) is 34.5 Å². The Labute approximate surface area is 162 Å². The van der Waals surface area contributed by atoms with Crippen LogP contribution in [-0.2, 0) is 14.3 Å². The fourth-order valence-electron chi connectivity index (χ4n) is 3.21. The highest BCUT2D eigenvalue weighted by Gasteiger charge is 2.46. The summed E-state index contributed by atoms with van der Waals surface area (Å²) >= 11 is 1.39. The van der Waals surface area contributed by atoms with Crippen LogP contribution in [0.25, 0.3) is 0 Å². The lowest BCUT2D eigenvalue weighted by Gasteiger charge is -2.33. The number of carbonyl (C=O) groups is 2. The molecule has 1 aromatic rings. The number of ether oxygens (including phenoxy) is 3. The molecule has 144 valence electrons. The van der Waals surface area contributed by atoms with E-state index >= 15 is 0 Å². The van der Waals surface area contributed by atoms with Gasteiger partial charge in [0.25, 0.3) is 0 Å². The zero-order chi connectivity index (χ0) is 19.7. The molecule has 2 aliphatic heterocycles. The van der Waals surface area contributed by atoms with Gasteiger partial charge in [-0.3, -0.25) is 9.69 Å². The van der Waals surface area contributed by atoms with Crippen LogP contribution in [0.5, 0.6) is 11.5 Å². The van der Waals surface area contributed by atoms with Crippen LogP contribution < -0.4 is 9.47 Å². The maximum atomic E-state index is 12.8. The number of allylic oxidation sites excluding steroid dienone is 1. The van der Waals surface area contributed by atoms with E-state index in [4.69, 9.17) is 14.2 Å². The number of benzene rings is 1. The third-order valence-corrected chi connectivity index (χ3v) is 5.53. The molecule has 27 heavy (non-hydrogen) atoms. The molecule has 0 saturated carbocycles. The molecule has 2 heterocycles. The minimum atomic E-state index is -0.624. The smallest absolute Gasteiger partial charge is 0.338 e. The number of amidine groups is 1. The van der Waals surface area contributed by atoms with Crippen LogP contribution >= 0.6 is 11.8 Å². The Balaban J connectivity index is 2.17. The van der Waals surface area contributed by atoms with E-state index in [1.54, 1.807) is 45.1 Å². The summed E-state index contributed by atoms with van der Waals surface area (Å²) in [6, 6.07) is 4.73. The van der Waals surface area contributed by atoms with Crippen LogP contribution in [0.1, 0.15) is 32.4 Å². The third kappa shape index (κ3) is 3.29. The van der Waals surface area contributed by atoms with Crippen molar-refractivity contribution in [2.75, 3.05) is 20.8 Å². The van der Waals surface area contributed by atoms with Gasteiger partial charge in [-0.05, 0) is 38.5 Å². The molecule has 1 fully saturated rings. The number of hydrogen-bond donors (Lipinski definition) is 0. The maximum Gasteiger partial charge on any atom is 0.338 e. The number of esters is 1. The number of hydrogen-bond acceptors (Lipinski definition) is 7. The van der Waals surface area contributed by atoms with Crippen LogP contribution in [-0.4, -0.2) is 48.0 Å². The summed E-state index contributed by atoms with van der Waals surface area (Å²) in [5.74, 6) is 0.523. The number of methoxy groups -OCH3 is 2. The normalized spacial score (nSPS) is 21.7. The summed E-state index contributed by atoms with van der Waals surface area (Å²) in [7, 11) is 3.10. The van der Waals surface area contributed by atoms with E-state index in [2.05, 4.69) is 4.99 Å². The molecule has 0 radical (unpaired) electrons. The summed E-state index contributed by atoms with van der Waals surface area (Å²) in [4.78, 5) is 31.6. The Morgan fingerprint density at radius 3 is 2.59 bits per heavy atom. The fraction of sp³-hybridized carbons (Fsp3) is 0.421. The lowest BCUT2D eigenvalue weighted by atomic mass is 9.94. The molecule has 0 aliphatic carbocycles. The van der Waals surface area contributed by atoms with Crippen molar-refractivity contribution in [1.82, 2.24) is 4.90 Å². The predicted octanol–water partition coefficient (Wildman–Crippen LogP) is 2.92. The van der Waals surface area contributed by atoms with Gasteiger partial charge in [0.1, 0.15) is 0 Å². The topological polar surface area (TPSA) is 77.4 Å². The Morgan fingerprint density at radius 1 is 1.26 bits per heavy atom. The number of rotatable bonds is 5. The summed E-state index contributed by atoms with van der Waals surface area (Å²) in [6.07, 6.45) is 0. The van der Waals surface area contributed by atoms with Crippen molar-refractivity contribution in [3.8, 4) is 11.5 Å². The molecule has 2 atom stereocenters. The van der Waals surface area contributed by atoms with Crippen molar-refractivity contribution in [2.24, 2.45) is 4.99 Å². The SMILES string of the molecule is CCOC(=O)C1=C(C)N=C2SC(C)C(=O)N2C1c1ccc(OC)c(OC)c1. The third-order valence-electron chi connectivity index (χ3n) is 4.48. The van der Waals surface area contributed by atoms with E-state index in [1.807, 2.05) is 13.0 Å². The second kappa shape index (κ2) is 7.64. The Hall–Kier alpha value is -2.48. The predicted molar refractivity (Wildman–Crippen MR) is 103 cm³/mol. The summed E-state index contributed by atoms with van der Waals surface area (Å²) in [5.41, 5.74) is 1.63. The monoisotopic (exact) mass is 390 g/mol. The van der Waals surface area contributed by atoms with Crippen LogP contribution in [0.4, 0.5) is 0 Å². The first kappa shape index (κ1) is 19.3. The average molecular weight is 390 g/mol. The van der Waals surface area contributed by atoms with Crippen LogP contribution in [0.2, 0.25) is 0 Å². The second-order valence-corrected chi connectivity index (χ2v) is 7.41. The van der Waals surface area contributed by atoms with E-state index in [1.165, 1.54) is 11.8 Å². The quantitative estimate of drug-likeness (QED) is 0.720. The molecule has 0 aromatic heterocycles. The van der Waals surface area contributed by atoms with Gasteiger partial charge in [0, 0.05) is 0 Å². The number of thioether (sulfide) groups is 1. The van der Waals surface area contributed by atoms with Gasteiger partial charge in [0.15, 0.2) is 16.7 Å². The second-order valence-electron chi connectivity index (χ2n) is 6.10. The standard InChI is InChI=1S/C19H22N2O5S/c1-6-26-18(23)15-10(2)20-19-21(17(22)11(3)27-19)16(15)12-7-8-13(24-4)14(9-12)25-5/h7-9,11,16H,6H2,1-5H3. The number of carbonyl (C=O) groups excluding carboxylic acids is 2. The lowest BCUT2D eigenvalue weighted by Crippen LogP contribution is -2.40. The lowest BCUT2D eigenvalue weighted by molar-refractivity contribution is -0.139. The average Bonchev–Trinajstić information content (AvgIpc) is 2.93. The van der Waals surface area contributed by atoms with Crippen LogP contribution in [0, 0.1) is 0 Å². The molecule has 2 aliphatic rings. The van der Waals surface area contributed by atoms with Gasteiger partial charge in [-0.1, -0.05) is 17.8 Å². The van der Waals surface area contributed by atoms with Crippen molar-refractivity contribution < 1.29 is 23.8 Å². The van der Waals surface area contributed by atoms with Crippen molar-refractivity contribution in [3.05, 3.63) is 35.0 Å². The first-order valence-electron chi connectivity index (χ1n) is 8.61. The van der Waals surface area contributed by atoms with Gasteiger partial charge in [0.2, 0.25) is 5.91 Å². The van der Waals surface area contributed by atoms with Crippen molar-refractivity contribution in [3.63, 3.8) is 0 Å². The highest BCUT2D eigenvalue weighted by atomic mass is 32.2. The van der Waals surface area contributed by atoms with Crippen molar-refractivity contribution >= 4 is 28.8 Å². The molecule has 0 spiro atoms. The number of amides is 1. The summed E-state index contributed by atoms with van der Waals surface area (Å²) in [5, 5.41) is 0.332. The molecule has 8 heteroatoms. The molecule has 1 aromatic carbocycles. The molecule has 3 rings (SSSR count). The van der Waals surface area contributed by atoms with Gasteiger partial charge in [-0.25, -0.2) is 9.79 Å². The molecule has 1 saturated heterocycles. The fourth-order valence-corrected chi connectivity index (χ4v) is 4.24. The minimum Gasteiger partial charge on any atom is -0.493 e. The van der Waals surface area contributed by atoms with E-state index in [-0.39, 0.29) is 17.8 Å². The number of fused-ring (bicyclic) bond motifs is 1. The van der Waals surface area contributed by atoms with Gasteiger partial charge >= 0.3 is 5.97 Å². The van der Waals surface area contributed by atoms with Gasteiger partial charge in [-0.15, -0.1) is 0 Å². The molecular weight excluding hydrogens is 368 g/mol. The Morgan fingerprint density at radius 2 is 1.96 bits per heavy atom. The molecule has 2 unspecified atom stereocenters. The van der Waals surface area contributed by atoms with E-state index in [0.29, 0.717) is 27.9 Å². The Kier molecular flexibility index (Phi) is 5.46. The van der Waals surface area contributed by atoms with Gasteiger partial charge in [-0.2, -0.15) is 0 Å². The first-order valence-corrected chi connectivity index (χ1v) is 9.49. The molecular formula is C19H22N2O5S. The van der Waals surface area contributed by atoms with Crippen molar-refractivity contribution in [1.29, 1.82) is 0 Å². The highest BCUT2D eigenvalue weighted by Crippen LogP contribution is 2.44. The molecule has 7 nitrogen and oxygen atoms in total. The van der Waals surface area contributed by atoms with Crippen molar-refractivity contribution in [2.45, 2.75) is 32.1 Å². The summed E-state index contributed by atoms with van der Waals surface area (Å²) in [6.45, 7) is 5.58. The summed E-state index contributed by atoms with van der Waals surface area (Å²) < 4.78 is 16.0. The zero-order valence-electron chi connectivity index (χ0n) is 15.9. The molecule has 1 amide bonds. The van der Waals surface area contributed by atoms with Gasteiger partial charge < -0.3 is 14.2 Å². The largest absolute Gasteiger partial charge is 0.493 e. The zero-order valence-corrected chi connectivity index (χ0v) is 16.8. The molecule has 0 N–H and O–H groups in total. The Bertz CT molecular complexity index is 849. The highest BCUT2D eigenvalue weighted by molar-refractivity contribution is 8.15.